The fourth-order valence-electron chi connectivity index (χ4n) is 1.09. The van der Waals surface area contributed by atoms with Crippen LogP contribution in [0.1, 0.15) is 26.7 Å². The van der Waals surface area contributed by atoms with Gasteiger partial charge in [-0.25, -0.2) is 20.3 Å². The Balaban J connectivity index is -0.000000233. The monoisotopic (exact) mass is 272 g/mol. The molecule has 114 valence electrons. The van der Waals surface area contributed by atoms with Crippen LogP contribution < -0.4 is 11.5 Å². The lowest BCUT2D eigenvalue weighted by molar-refractivity contribution is -0.479. The summed E-state index contributed by atoms with van der Waals surface area (Å²) in [5.41, 5.74) is 11.0. The van der Waals surface area contributed by atoms with Gasteiger partial charge < -0.3 is 11.5 Å². The Morgan fingerprint density at radius 2 is 1.39 bits per heavy atom. The lowest BCUT2D eigenvalue weighted by Crippen LogP contribution is -2.20. The van der Waals surface area contributed by atoms with Crippen molar-refractivity contribution in [2.24, 2.45) is 23.3 Å². The van der Waals surface area contributed by atoms with Crippen molar-refractivity contribution in [3.8, 4) is 0 Å². The summed E-state index contributed by atoms with van der Waals surface area (Å²) < 4.78 is 0. The predicted octanol–water partition coefficient (Wildman–Crippen LogP) is 1.03. The normalized spacial score (nSPS) is 12.7. The lowest BCUT2D eigenvalue weighted by Gasteiger charge is -2.15. The molecule has 0 saturated heterocycles. The summed E-state index contributed by atoms with van der Waals surface area (Å²) >= 11 is 0. The van der Waals surface area contributed by atoms with Crippen LogP contribution in [0.25, 0.3) is 0 Å². The lowest BCUT2D eigenvalue weighted by atomic mass is 9.94. The summed E-state index contributed by atoms with van der Waals surface area (Å²) in [6.45, 7) is 5.95. The largest absolute Gasteiger partial charge is 0.330 e. The Morgan fingerprint density at radius 1 is 1.00 bits per heavy atom. The first-order valence-electron chi connectivity index (χ1n) is 5.66. The van der Waals surface area contributed by atoms with Gasteiger partial charge in [-0.3, -0.25) is 0 Å². The summed E-state index contributed by atoms with van der Waals surface area (Å²) in [5.74, 6) is 1.31. The molecule has 6 N–H and O–H groups in total. The maximum Gasteiger partial charge on any atom is 0.0744 e. The number of hydrogen-bond acceptors (Lipinski definition) is 8. The van der Waals surface area contributed by atoms with E-state index in [2.05, 4.69) is 33.7 Å². The molecule has 0 saturated carbocycles. The van der Waals surface area contributed by atoms with Gasteiger partial charge in [0.25, 0.3) is 0 Å². The average Bonchev–Trinajstić information content (AvgIpc) is 2.44. The molecule has 18 heavy (non-hydrogen) atoms. The van der Waals surface area contributed by atoms with Crippen LogP contribution in [0.15, 0.2) is 0 Å². The predicted molar refractivity (Wildman–Crippen MR) is 67.1 cm³/mol. The van der Waals surface area contributed by atoms with Gasteiger partial charge in [0.1, 0.15) is 0 Å². The first-order valence-corrected chi connectivity index (χ1v) is 5.66. The minimum absolute atomic E-state index is 0.633. The molecule has 2 atom stereocenters. The number of nitrogens with two attached hydrogens (primary N) is 2. The standard InChI is InChI=1S/C8H20N2.2CH4O3/c1-3-8(6-10)4-7(2)5-9;2*1-3-4-2/h7-8H,3-6,9-10H2,1-2H3;2*2H,1H3. The van der Waals surface area contributed by atoms with Gasteiger partial charge in [0, 0.05) is 0 Å². The van der Waals surface area contributed by atoms with E-state index in [4.69, 9.17) is 22.0 Å². The second-order valence-corrected chi connectivity index (χ2v) is 3.57. The summed E-state index contributed by atoms with van der Waals surface area (Å²) in [7, 11) is 2.42. The molecule has 0 bridgehead atoms. The van der Waals surface area contributed by atoms with E-state index < -0.39 is 0 Å². The third-order valence-electron chi connectivity index (χ3n) is 2.20. The molecule has 0 spiro atoms. The molecule has 0 rings (SSSR count). The van der Waals surface area contributed by atoms with Gasteiger partial charge >= 0.3 is 0 Å². The van der Waals surface area contributed by atoms with Crippen molar-refractivity contribution in [2.45, 2.75) is 26.7 Å². The second-order valence-electron chi connectivity index (χ2n) is 3.57. The molecule has 0 aromatic rings. The molecule has 0 aromatic heterocycles. The Morgan fingerprint density at radius 3 is 1.56 bits per heavy atom. The van der Waals surface area contributed by atoms with Crippen molar-refractivity contribution >= 4 is 0 Å². The van der Waals surface area contributed by atoms with E-state index in [0.29, 0.717) is 11.8 Å². The molecule has 2 unspecified atom stereocenters. The van der Waals surface area contributed by atoms with Crippen molar-refractivity contribution < 1.29 is 30.4 Å². The molecule has 8 nitrogen and oxygen atoms in total. The van der Waals surface area contributed by atoms with E-state index in [1.54, 1.807) is 0 Å². The van der Waals surface area contributed by atoms with Crippen molar-refractivity contribution in [1.29, 1.82) is 0 Å². The van der Waals surface area contributed by atoms with Gasteiger partial charge in [0.05, 0.1) is 14.2 Å². The number of hydrogen-bond donors (Lipinski definition) is 4. The Kier molecular flexibility index (Phi) is 27.8. The molecular formula is C10H28N2O6. The Hall–Kier alpha value is -0.320. The van der Waals surface area contributed by atoms with E-state index >= 15 is 0 Å². The van der Waals surface area contributed by atoms with Gasteiger partial charge in [-0.2, -0.15) is 0 Å². The van der Waals surface area contributed by atoms with Crippen LogP contribution in [0.3, 0.4) is 0 Å². The fourth-order valence-corrected chi connectivity index (χ4v) is 1.09. The maximum absolute atomic E-state index is 7.15. The van der Waals surface area contributed by atoms with Crippen LogP contribution in [-0.4, -0.2) is 37.8 Å². The highest BCUT2D eigenvalue weighted by Crippen LogP contribution is 2.12. The maximum atomic E-state index is 7.15. The van der Waals surface area contributed by atoms with E-state index in [0.717, 1.165) is 13.1 Å². The van der Waals surface area contributed by atoms with Crippen LogP contribution in [0, 0.1) is 11.8 Å². The van der Waals surface area contributed by atoms with Crippen LogP contribution in [0.5, 0.6) is 0 Å². The highest BCUT2D eigenvalue weighted by atomic mass is 17.5. The molecule has 0 fully saturated rings. The van der Waals surface area contributed by atoms with E-state index in [1.807, 2.05) is 0 Å². The Bertz CT molecular complexity index is 119. The quantitative estimate of drug-likeness (QED) is 0.399. The molecule has 0 radical (unpaired) electrons. The molecule has 0 aromatic carbocycles. The first-order chi connectivity index (χ1) is 8.57. The summed E-state index contributed by atoms with van der Waals surface area (Å²) in [6, 6.07) is 0. The van der Waals surface area contributed by atoms with Gasteiger partial charge in [-0.1, -0.05) is 30.3 Å². The zero-order valence-electron chi connectivity index (χ0n) is 11.7. The SMILES string of the molecule is CCC(CN)CC(C)CN.COOO.COOO. The first kappa shape index (κ1) is 22.8. The van der Waals surface area contributed by atoms with Gasteiger partial charge in [0.15, 0.2) is 0 Å². The fraction of sp³-hybridized carbons (Fsp3) is 1.00. The third kappa shape index (κ3) is 24.8. The minimum atomic E-state index is 0.633. The molecule has 0 aliphatic rings. The molecular weight excluding hydrogens is 244 g/mol. The van der Waals surface area contributed by atoms with Crippen molar-refractivity contribution in [1.82, 2.24) is 0 Å². The summed E-state index contributed by atoms with van der Waals surface area (Å²) in [5, 5.41) is 20.4. The van der Waals surface area contributed by atoms with E-state index in [-0.39, 0.29) is 0 Å². The van der Waals surface area contributed by atoms with Gasteiger partial charge in [-0.05, 0) is 31.3 Å². The van der Waals surface area contributed by atoms with Crippen molar-refractivity contribution in [2.75, 3.05) is 27.3 Å². The van der Waals surface area contributed by atoms with Crippen molar-refractivity contribution in [3.05, 3.63) is 0 Å². The summed E-state index contributed by atoms with van der Waals surface area (Å²) in [4.78, 5) is 7.19. The second kappa shape index (κ2) is 21.9. The van der Waals surface area contributed by atoms with Crippen LogP contribution >= 0.6 is 0 Å². The highest BCUT2D eigenvalue weighted by Gasteiger charge is 2.07. The molecule has 0 amide bonds. The minimum Gasteiger partial charge on any atom is -0.330 e. The zero-order valence-corrected chi connectivity index (χ0v) is 11.7. The van der Waals surface area contributed by atoms with Crippen molar-refractivity contribution in [3.63, 3.8) is 0 Å². The van der Waals surface area contributed by atoms with E-state index in [1.165, 1.54) is 27.1 Å². The van der Waals surface area contributed by atoms with Crippen LogP contribution in [-0.2, 0) is 19.9 Å². The van der Waals surface area contributed by atoms with Crippen LogP contribution in [0.4, 0.5) is 0 Å². The molecule has 0 aliphatic carbocycles. The average molecular weight is 272 g/mol. The molecule has 0 aliphatic heterocycles. The van der Waals surface area contributed by atoms with Crippen LogP contribution in [0.2, 0.25) is 0 Å². The molecule has 8 heteroatoms. The Labute approximate surface area is 108 Å². The molecule has 0 heterocycles. The highest BCUT2D eigenvalue weighted by molar-refractivity contribution is 4.62. The zero-order chi connectivity index (χ0) is 14.8. The smallest absolute Gasteiger partial charge is 0.0744 e. The third-order valence-corrected chi connectivity index (χ3v) is 2.20. The van der Waals surface area contributed by atoms with Gasteiger partial charge in [-0.15, -0.1) is 0 Å². The summed E-state index contributed by atoms with van der Waals surface area (Å²) in [6.07, 6.45) is 2.37. The van der Waals surface area contributed by atoms with E-state index in [9.17, 15) is 0 Å². The number of rotatable bonds is 7. The topological polar surface area (TPSA) is 129 Å². The van der Waals surface area contributed by atoms with Gasteiger partial charge in [0.2, 0.25) is 0 Å².